The molecule has 3 aliphatic rings. The minimum atomic E-state index is -1.32. The molecule has 6 heteroatoms. The number of anilines is 3. The number of halogens is 1. The summed E-state index contributed by atoms with van der Waals surface area (Å²) in [5, 5.41) is 10.3. The Morgan fingerprint density at radius 2 is 1.71 bits per heavy atom. The van der Waals surface area contributed by atoms with Crippen LogP contribution < -0.4 is 16.0 Å². The predicted octanol–water partition coefficient (Wildman–Crippen LogP) is 4.67. The van der Waals surface area contributed by atoms with Crippen LogP contribution in [0.4, 0.5) is 17.1 Å². The molecule has 28 heavy (non-hydrogen) atoms. The van der Waals surface area contributed by atoms with Gasteiger partial charge in [0.1, 0.15) is 0 Å². The fourth-order valence-electron chi connectivity index (χ4n) is 4.45. The number of nitrogens with one attached hydrogen (secondary N) is 3. The summed E-state index contributed by atoms with van der Waals surface area (Å²) in [5.41, 5.74) is 2.39. The van der Waals surface area contributed by atoms with Gasteiger partial charge in [-0.2, -0.15) is 0 Å². The number of para-hydroxylation sites is 2. The molecule has 2 aromatic carbocycles. The third kappa shape index (κ3) is 2.20. The molecule has 0 saturated heterocycles. The normalized spacial score (nSPS) is 24.5. The molecule has 142 valence electrons. The molecule has 0 bridgehead atoms. The molecule has 0 fully saturated rings. The highest BCUT2D eigenvalue weighted by molar-refractivity contribution is 6.31. The summed E-state index contributed by atoms with van der Waals surface area (Å²) in [6, 6.07) is 13.0. The van der Waals surface area contributed by atoms with Crippen molar-refractivity contribution in [2.24, 2.45) is 5.41 Å². The Balaban J connectivity index is 1.86. The minimum Gasteiger partial charge on any atom is -0.362 e. The van der Waals surface area contributed by atoms with E-state index < -0.39 is 11.0 Å². The lowest BCUT2D eigenvalue weighted by Gasteiger charge is -2.38. The van der Waals surface area contributed by atoms with Crippen molar-refractivity contribution in [2.45, 2.75) is 32.2 Å². The van der Waals surface area contributed by atoms with E-state index in [1.807, 2.05) is 38.1 Å². The van der Waals surface area contributed by atoms with E-state index in [-0.39, 0.29) is 11.7 Å². The fraction of sp³-hybridized carbons (Fsp3) is 0.273. The molecule has 1 aliphatic carbocycles. The number of hydrogen-bond acceptors (Lipinski definition) is 4. The summed E-state index contributed by atoms with van der Waals surface area (Å²) in [6.45, 7) is 3.88. The van der Waals surface area contributed by atoms with E-state index in [1.54, 1.807) is 18.2 Å². The standard InChI is InChI=1S/C22H20ClN3O2/c1-21(2)10-9-17-18(19(21)27)22(26-16-6-4-3-5-15(16)24-17)13-11-12(23)7-8-14(13)25-20(22)28/h3-8,11,24,26H,9-10H2,1-2H3,(H,25,28). The topological polar surface area (TPSA) is 70.2 Å². The lowest BCUT2D eigenvalue weighted by atomic mass is 9.67. The van der Waals surface area contributed by atoms with Gasteiger partial charge >= 0.3 is 0 Å². The molecule has 2 aliphatic heterocycles. The molecule has 5 nitrogen and oxygen atoms in total. The van der Waals surface area contributed by atoms with Crippen LogP contribution in [0, 0.1) is 5.41 Å². The Kier molecular flexibility index (Phi) is 3.47. The van der Waals surface area contributed by atoms with E-state index in [9.17, 15) is 9.59 Å². The van der Waals surface area contributed by atoms with Gasteiger partial charge in [-0.15, -0.1) is 0 Å². The lowest BCUT2D eigenvalue weighted by Crippen LogP contribution is -2.50. The molecular weight excluding hydrogens is 374 g/mol. The molecule has 2 heterocycles. The Morgan fingerprint density at radius 3 is 2.50 bits per heavy atom. The lowest BCUT2D eigenvalue weighted by molar-refractivity contribution is -0.127. The fourth-order valence-corrected chi connectivity index (χ4v) is 4.62. The zero-order valence-electron chi connectivity index (χ0n) is 15.7. The first kappa shape index (κ1) is 17.3. The van der Waals surface area contributed by atoms with Gasteiger partial charge in [-0.05, 0) is 43.2 Å². The van der Waals surface area contributed by atoms with Gasteiger partial charge in [0.25, 0.3) is 5.91 Å². The molecule has 0 aromatic heterocycles. The average molecular weight is 394 g/mol. The average Bonchev–Trinajstić information content (AvgIpc) is 2.83. The van der Waals surface area contributed by atoms with E-state index in [1.165, 1.54) is 0 Å². The highest BCUT2D eigenvalue weighted by Gasteiger charge is 2.57. The molecule has 1 unspecified atom stereocenters. The summed E-state index contributed by atoms with van der Waals surface area (Å²) < 4.78 is 0. The number of hydrogen-bond donors (Lipinski definition) is 3. The van der Waals surface area contributed by atoms with Crippen LogP contribution in [0.2, 0.25) is 5.02 Å². The Hall–Kier alpha value is -2.79. The number of benzene rings is 2. The molecule has 0 saturated carbocycles. The van der Waals surface area contributed by atoms with Crippen LogP contribution in [0.25, 0.3) is 0 Å². The monoisotopic (exact) mass is 393 g/mol. The Morgan fingerprint density at radius 1 is 0.964 bits per heavy atom. The zero-order valence-corrected chi connectivity index (χ0v) is 16.4. The largest absolute Gasteiger partial charge is 0.362 e. The van der Waals surface area contributed by atoms with Gasteiger partial charge in [0.05, 0.1) is 16.9 Å². The number of fused-ring (bicyclic) bond motifs is 4. The van der Waals surface area contributed by atoms with Crippen molar-refractivity contribution in [3.8, 4) is 0 Å². The van der Waals surface area contributed by atoms with E-state index in [4.69, 9.17) is 11.6 Å². The predicted molar refractivity (Wildman–Crippen MR) is 110 cm³/mol. The number of carbonyl (C=O) groups excluding carboxylic acids is 2. The maximum Gasteiger partial charge on any atom is 0.259 e. The number of allylic oxidation sites excluding steroid dienone is 1. The number of rotatable bonds is 0. The van der Waals surface area contributed by atoms with Crippen LogP contribution in [0.5, 0.6) is 0 Å². The minimum absolute atomic E-state index is 0.0236. The van der Waals surface area contributed by atoms with Crippen molar-refractivity contribution in [3.63, 3.8) is 0 Å². The van der Waals surface area contributed by atoms with E-state index in [2.05, 4.69) is 16.0 Å². The Bertz CT molecular complexity index is 1090. The summed E-state index contributed by atoms with van der Waals surface area (Å²) >= 11 is 6.30. The van der Waals surface area contributed by atoms with E-state index in [0.29, 0.717) is 28.3 Å². The Labute approximate surface area is 168 Å². The van der Waals surface area contributed by atoms with Gasteiger partial charge in [-0.25, -0.2) is 0 Å². The zero-order chi connectivity index (χ0) is 19.7. The summed E-state index contributed by atoms with van der Waals surface area (Å²) in [7, 11) is 0. The number of ketones is 1. The van der Waals surface area contributed by atoms with E-state index in [0.717, 1.165) is 23.5 Å². The molecule has 3 N–H and O–H groups in total. The number of Topliss-reactive ketones (excluding diaryl/α,β-unsaturated/α-hetero) is 1. The van der Waals surface area contributed by atoms with Crippen LogP contribution in [0.3, 0.4) is 0 Å². The van der Waals surface area contributed by atoms with Crippen molar-refractivity contribution in [3.05, 3.63) is 64.3 Å². The van der Waals surface area contributed by atoms with Crippen LogP contribution in [0.1, 0.15) is 32.3 Å². The third-order valence-corrected chi connectivity index (χ3v) is 6.26. The highest BCUT2D eigenvalue weighted by Crippen LogP contribution is 2.52. The molecule has 2 aromatic rings. The van der Waals surface area contributed by atoms with E-state index >= 15 is 0 Å². The van der Waals surface area contributed by atoms with Crippen LogP contribution in [0.15, 0.2) is 53.7 Å². The van der Waals surface area contributed by atoms with Crippen molar-refractivity contribution in [1.82, 2.24) is 0 Å². The van der Waals surface area contributed by atoms with Crippen molar-refractivity contribution >= 4 is 40.4 Å². The van der Waals surface area contributed by atoms with Crippen molar-refractivity contribution < 1.29 is 9.59 Å². The molecule has 1 spiro atoms. The maximum atomic E-state index is 13.6. The van der Waals surface area contributed by atoms with Gasteiger partial charge in [0.2, 0.25) is 0 Å². The van der Waals surface area contributed by atoms with Gasteiger partial charge in [0.15, 0.2) is 11.3 Å². The molecule has 0 radical (unpaired) electrons. The summed E-state index contributed by atoms with van der Waals surface area (Å²) in [5.74, 6) is -0.286. The SMILES string of the molecule is CC1(C)CCC2=C(C1=O)C1(Nc3ccccc3N2)C(=O)Nc2ccc(Cl)cc21. The van der Waals surface area contributed by atoms with Gasteiger partial charge in [-0.3, -0.25) is 9.59 Å². The second-order valence-electron chi connectivity index (χ2n) is 8.26. The second kappa shape index (κ2) is 5.61. The van der Waals surface area contributed by atoms with Crippen LogP contribution in [-0.4, -0.2) is 11.7 Å². The molecular formula is C22H20ClN3O2. The first-order valence-corrected chi connectivity index (χ1v) is 9.75. The van der Waals surface area contributed by atoms with Crippen LogP contribution in [-0.2, 0) is 15.1 Å². The van der Waals surface area contributed by atoms with Crippen molar-refractivity contribution in [1.29, 1.82) is 0 Å². The van der Waals surface area contributed by atoms with Gasteiger partial charge in [0, 0.05) is 27.4 Å². The highest BCUT2D eigenvalue weighted by atomic mass is 35.5. The third-order valence-electron chi connectivity index (χ3n) is 6.03. The number of amides is 1. The van der Waals surface area contributed by atoms with Crippen LogP contribution >= 0.6 is 11.6 Å². The quantitative estimate of drug-likeness (QED) is 0.608. The summed E-state index contributed by atoms with van der Waals surface area (Å²) in [4.78, 5) is 27.1. The molecule has 1 atom stereocenters. The number of carbonyl (C=O) groups is 2. The first-order chi connectivity index (χ1) is 13.3. The molecule has 1 amide bonds. The smallest absolute Gasteiger partial charge is 0.259 e. The second-order valence-corrected chi connectivity index (χ2v) is 8.69. The van der Waals surface area contributed by atoms with Crippen molar-refractivity contribution in [2.75, 3.05) is 16.0 Å². The van der Waals surface area contributed by atoms with Gasteiger partial charge < -0.3 is 16.0 Å². The first-order valence-electron chi connectivity index (χ1n) is 9.37. The maximum absolute atomic E-state index is 13.6. The molecule has 5 rings (SSSR count). The summed E-state index contributed by atoms with van der Waals surface area (Å²) in [6.07, 6.45) is 1.41. The van der Waals surface area contributed by atoms with Gasteiger partial charge in [-0.1, -0.05) is 37.6 Å².